The van der Waals surface area contributed by atoms with Crippen LogP contribution in [0.5, 0.6) is 11.5 Å². The third-order valence-electron chi connectivity index (χ3n) is 5.33. The summed E-state index contributed by atoms with van der Waals surface area (Å²) >= 11 is 0. The second-order valence-corrected chi connectivity index (χ2v) is 7.01. The van der Waals surface area contributed by atoms with Crippen LogP contribution < -0.4 is 9.47 Å². The standard InChI is InChI=1S/C21H20N4O5/c1-12-13(6-22)7-23-8-18(12)16-3-4-17(20-19(16)29-11-30-20)21(27)25-9-14(24-28-2)5-15(25)10-26/h3-4,7-8,15,26H,5,9-11H2,1-2H3/b24-14+/t15-/m0/s1. The van der Waals surface area contributed by atoms with Crippen molar-refractivity contribution in [3.05, 3.63) is 41.2 Å². The first kappa shape index (κ1) is 19.7. The van der Waals surface area contributed by atoms with Crippen molar-refractivity contribution >= 4 is 11.6 Å². The summed E-state index contributed by atoms with van der Waals surface area (Å²) < 4.78 is 11.3. The molecule has 1 aromatic heterocycles. The van der Waals surface area contributed by atoms with Gasteiger partial charge in [0.25, 0.3) is 5.91 Å². The molecule has 1 atom stereocenters. The molecule has 1 N–H and O–H groups in total. The van der Waals surface area contributed by atoms with Crippen molar-refractivity contribution in [1.82, 2.24) is 9.88 Å². The van der Waals surface area contributed by atoms with Crippen molar-refractivity contribution in [2.24, 2.45) is 5.16 Å². The molecule has 3 heterocycles. The number of amides is 1. The second kappa shape index (κ2) is 8.00. The van der Waals surface area contributed by atoms with Gasteiger partial charge in [-0.3, -0.25) is 9.78 Å². The van der Waals surface area contributed by atoms with Gasteiger partial charge in [0, 0.05) is 29.9 Å². The molecule has 9 nitrogen and oxygen atoms in total. The number of aliphatic hydroxyl groups is 1. The van der Waals surface area contributed by atoms with Crippen molar-refractivity contribution in [3.63, 3.8) is 0 Å². The second-order valence-electron chi connectivity index (χ2n) is 7.01. The summed E-state index contributed by atoms with van der Waals surface area (Å²) in [5.41, 5.74) is 3.69. The summed E-state index contributed by atoms with van der Waals surface area (Å²) in [6.45, 7) is 1.90. The van der Waals surface area contributed by atoms with E-state index in [9.17, 15) is 15.2 Å². The van der Waals surface area contributed by atoms with E-state index in [1.54, 1.807) is 23.2 Å². The molecule has 9 heteroatoms. The number of aromatic nitrogens is 1. The lowest BCUT2D eigenvalue weighted by Crippen LogP contribution is -2.38. The molecule has 1 saturated heterocycles. The SMILES string of the molecule is CO/N=C1\C[C@@H](CO)N(C(=O)c2ccc(-c3cncc(C#N)c3C)c3c2OCO3)C1. The largest absolute Gasteiger partial charge is 0.453 e. The minimum Gasteiger partial charge on any atom is -0.453 e. The Hall–Kier alpha value is -3.64. The van der Waals surface area contributed by atoms with Gasteiger partial charge in [0.05, 0.1) is 36.0 Å². The average Bonchev–Trinajstić information content (AvgIpc) is 3.40. The summed E-state index contributed by atoms with van der Waals surface area (Å²) in [5, 5.41) is 22.9. The molecule has 154 valence electrons. The van der Waals surface area contributed by atoms with Crippen LogP contribution in [0.2, 0.25) is 0 Å². The number of pyridine rings is 1. The number of carbonyl (C=O) groups is 1. The molecule has 30 heavy (non-hydrogen) atoms. The molecular formula is C21H20N4O5. The van der Waals surface area contributed by atoms with Crippen LogP contribution in [-0.4, -0.2) is 59.7 Å². The average molecular weight is 408 g/mol. The summed E-state index contributed by atoms with van der Waals surface area (Å²) in [6.07, 6.45) is 3.61. The highest BCUT2D eigenvalue weighted by Crippen LogP contribution is 2.45. The first-order chi connectivity index (χ1) is 14.6. The van der Waals surface area contributed by atoms with E-state index in [-0.39, 0.29) is 31.9 Å². The number of rotatable bonds is 4. The Morgan fingerprint density at radius 3 is 2.90 bits per heavy atom. The lowest BCUT2D eigenvalue weighted by Gasteiger charge is -2.23. The van der Waals surface area contributed by atoms with Gasteiger partial charge in [-0.2, -0.15) is 5.26 Å². The third-order valence-corrected chi connectivity index (χ3v) is 5.33. The number of nitrogens with zero attached hydrogens (tertiary/aromatic N) is 4. The first-order valence-corrected chi connectivity index (χ1v) is 9.37. The van der Waals surface area contributed by atoms with Crippen LogP contribution in [-0.2, 0) is 4.84 Å². The third kappa shape index (κ3) is 3.21. The van der Waals surface area contributed by atoms with E-state index in [0.29, 0.717) is 40.3 Å². The monoisotopic (exact) mass is 408 g/mol. The van der Waals surface area contributed by atoms with Crippen LogP contribution in [0.25, 0.3) is 11.1 Å². The van der Waals surface area contributed by atoms with E-state index in [4.69, 9.17) is 14.3 Å². The fraction of sp³-hybridized carbons (Fsp3) is 0.333. The maximum absolute atomic E-state index is 13.3. The molecule has 0 spiro atoms. The van der Waals surface area contributed by atoms with Gasteiger partial charge < -0.3 is 24.3 Å². The first-order valence-electron chi connectivity index (χ1n) is 9.37. The van der Waals surface area contributed by atoms with E-state index >= 15 is 0 Å². The van der Waals surface area contributed by atoms with Crippen molar-refractivity contribution in [2.45, 2.75) is 19.4 Å². The van der Waals surface area contributed by atoms with Crippen LogP contribution in [0.3, 0.4) is 0 Å². The van der Waals surface area contributed by atoms with Crippen LogP contribution in [0, 0.1) is 18.3 Å². The number of hydrogen-bond acceptors (Lipinski definition) is 8. The van der Waals surface area contributed by atoms with Crippen LogP contribution in [0.15, 0.2) is 29.7 Å². The summed E-state index contributed by atoms with van der Waals surface area (Å²) in [5.74, 6) is 0.490. The maximum Gasteiger partial charge on any atom is 0.258 e. The topological polar surface area (TPSA) is 117 Å². The van der Waals surface area contributed by atoms with Gasteiger partial charge in [-0.05, 0) is 24.6 Å². The maximum atomic E-state index is 13.3. The number of aliphatic hydroxyl groups excluding tert-OH is 1. The van der Waals surface area contributed by atoms with Crippen molar-refractivity contribution in [1.29, 1.82) is 5.26 Å². The lowest BCUT2D eigenvalue weighted by molar-refractivity contribution is 0.0675. The van der Waals surface area contributed by atoms with Gasteiger partial charge in [-0.25, -0.2) is 0 Å². The minimum atomic E-state index is -0.386. The molecule has 0 radical (unpaired) electrons. The molecule has 0 bridgehead atoms. The predicted molar refractivity (Wildman–Crippen MR) is 106 cm³/mol. The number of ether oxygens (including phenoxy) is 2. The van der Waals surface area contributed by atoms with E-state index in [1.165, 1.54) is 13.3 Å². The molecule has 1 aromatic carbocycles. The Bertz CT molecular complexity index is 1080. The fourth-order valence-electron chi connectivity index (χ4n) is 3.81. The van der Waals surface area contributed by atoms with Crippen molar-refractivity contribution < 1.29 is 24.2 Å². The molecule has 2 aliphatic heterocycles. The zero-order valence-electron chi connectivity index (χ0n) is 16.6. The Morgan fingerprint density at radius 1 is 1.37 bits per heavy atom. The minimum absolute atomic E-state index is 0.0170. The van der Waals surface area contributed by atoms with E-state index in [2.05, 4.69) is 16.2 Å². The van der Waals surface area contributed by atoms with Gasteiger partial charge in [-0.1, -0.05) is 5.16 Å². The van der Waals surface area contributed by atoms with Crippen molar-refractivity contribution in [3.8, 4) is 28.7 Å². The van der Waals surface area contributed by atoms with Crippen LogP contribution in [0.4, 0.5) is 0 Å². The quantitative estimate of drug-likeness (QED) is 0.768. The molecule has 0 unspecified atom stereocenters. The number of fused-ring (bicyclic) bond motifs is 1. The Balaban J connectivity index is 1.74. The summed E-state index contributed by atoms with van der Waals surface area (Å²) in [7, 11) is 1.44. The van der Waals surface area contributed by atoms with Crippen molar-refractivity contribution in [2.75, 3.05) is 27.1 Å². The van der Waals surface area contributed by atoms with Gasteiger partial charge in [0.15, 0.2) is 11.5 Å². The zero-order valence-corrected chi connectivity index (χ0v) is 16.6. The van der Waals surface area contributed by atoms with Crippen LogP contribution >= 0.6 is 0 Å². The fourth-order valence-corrected chi connectivity index (χ4v) is 3.81. The molecular weight excluding hydrogens is 388 g/mol. The molecule has 1 fully saturated rings. The zero-order chi connectivity index (χ0) is 21.3. The molecule has 0 saturated carbocycles. The Morgan fingerprint density at radius 2 is 2.17 bits per heavy atom. The highest BCUT2D eigenvalue weighted by atomic mass is 16.7. The number of likely N-dealkylation sites (tertiary alicyclic amines) is 1. The molecule has 2 aromatic rings. The number of benzene rings is 1. The van der Waals surface area contributed by atoms with Crippen LogP contribution in [0.1, 0.15) is 27.9 Å². The lowest BCUT2D eigenvalue weighted by atomic mass is 9.97. The number of oxime groups is 1. The van der Waals surface area contributed by atoms with Gasteiger partial charge >= 0.3 is 0 Å². The normalized spacial score (nSPS) is 18.5. The highest BCUT2D eigenvalue weighted by Gasteiger charge is 2.36. The molecule has 2 aliphatic rings. The summed E-state index contributed by atoms with van der Waals surface area (Å²) in [4.78, 5) is 23.8. The molecule has 4 rings (SSSR count). The smallest absolute Gasteiger partial charge is 0.258 e. The van der Waals surface area contributed by atoms with Gasteiger partial charge in [-0.15, -0.1) is 0 Å². The van der Waals surface area contributed by atoms with E-state index in [1.807, 2.05) is 6.92 Å². The van der Waals surface area contributed by atoms with Gasteiger partial charge in [0.1, 0.15) is 13.2 Å². The molecule has 1 amide bonds. The number of hydrogen-bond donors (Lipinski definition) is 1. The highest BCUT2D eigenvalue weighted by molar-refractivity contribution is 6.03. The Labute approximate surface area is 173 Å². The molecule has 0 aliphatic carbocycles. The number of nitriles is 1. The number of carbonyl (C=O) groups excluding carboxylic acids is 1. The van der Waals surface area contributed by atoms with E-state index < -0.39 is 0 Å². The Kier molecular flexibility index (Phi) is 5.25. The van der Waals surface area contributed by atoms with E-state index in [0.717, 1.165) is 11.1 Å². The predicted octanol–water partition coefficient (Wildman–Crippen LogP) is 1.87. The summed E-state index contributed by atoms with van der Waals surface area (Å²) in [6, 6.07) is 5.17. The van der Waals surface area contributed by atoms with Gasteiger partial charge in [0.2, 0.25) is 6.79 Å².